The van der Waals surface area contributed by atoms with Crippen LogP contribution >= 0.6 is 11.6 Å². The zero-order valence-corrected chi connectivity index (χ0v) is 9.59. The molecule has 0 radical (unpaired) electrons. The van der Waals surface area contributed by atoms with Gasteiger partial charge in [0.2, 0.25) is 0 Å². The molecule has 0 spiro atoms. The van der Waals surface area contributed by atoms with Crippen LogP contribution in [0.25, 0.3) is 0 Å². The first kappa shape index (κ1) is 12.1. The first-order chi connectivity index (χ1) is 7.13. The quantitative estimate of drug-likeness (QED) is 0.755. The third-order valence-corrected chi connectivity index (χ3v) is 2.49. The molecule has 1 rings (SSSR count). The number of halogens is 1. The summed E-state index contributed by atoms with van der Waals surface area (Å²) in [5.41, 5.74) is 1.06. The van der Waals surface area contributed by atoms with Gasteiger partial charge < -0.3 is 10.4 Å². The molecule has 0 fully saturated rings. The molecule has 0 amide bonds. The van der Waals surface area contributed by atoms with Gasteiger partial charge in [-0.3, -0.25) is 0 Å². The molecule has 0 aliphatic rings. The fraction of sp³-hybridized carbons (Fsp3) is 0.333. The maximum Gasteiger partial charge on any atom is 0.134 e. The molecule has 1 aromatic rings. The summed E-state index contributed by atoms with van der Waals surface area (Å²) in [5.74, 6) is 0.125. The second-order valence-electron chi connectivity index (χ2n) is 3.59. The van der Waals surface area contributed by atoms with Crippen LogP contribution in [0.3, 0.4) is 0 Å². The van der Waals surface area contributed by atoms with Crippen molar-refractivity contribution in [2.24, 2.45) is 0 Å². The molecule has 0 saturated heterocycles. The number of nitrogens with one attached hydrogen (secondary N) is 1. The van der Waals surface area contributed by atoms with E-state index in [-0.39, 0.29) is 5.75 Å². The third kappa shape index (κ3) is 3.94. The lowest BCUT2D eigenvalue weighted by Gasteiger charge is -2.11. The zero-order valence-electron chi connectivity index (χ0n) is 8.83. The number of benzene rings is 1. The summed E-state index contributed by atoms with van der Waals surface area (Å²) >= 11 is 5.80. The summed E-state index contributed by atoms with van der Waals surface area (Å²) in [6.45, 7) is 6.53. The molecule has 1 aromatic carbocycles. The Hall–Kier alpha value is -0.990. The van der Waals surface area contributed by atoms with E-state index < -0.39 is 0 Å². The second kappa shape index (κ2) is 5.79. The molecule has 15 heavy (non-hydrogen) atoms. The van der Waals surface area contributed by atoms with Gasteiger partial charge in [-0.2, -0.15) is 0 Å². The Labute approximate surface area is 95.6 Å². The molecule has 1 unspecified atom stereocenters. The molecule has 2 N–H and O–H groups in total. The van der Waals surface area contributed by atoms with Gasteiger partial charge in [-0.1, -0.05) is 23.7 Å². The number of phenols is 1. The van der Waals surface area contributed by atoms with E-state index in [9.17, 15) is 5.11 Å². The lowest BCUT2D eigenvalue weighted by Crippen LogP contribution is -2.24. The molecule has 0 aliphatic carbocycles. The van der Waals surface area contributed by atoms with Crippen molar-refractivity contribution < 1.29 is 5.11 Å². The van der Waals surface area contributed by atoms with E-state index in [0.29, 0.717) is 11.1 Å². The van der Waals surface area contributed by atoms with E-state index in [1.165, 1.54) is 0 Å². The van der Waals surface area contributed by atoms with E-state index >= 15 is 0 Å². The monoisotopic (exact) mass is 225 g/mol. The van der Waals surface area contributed by atoms with Crippen molar-refractivity contribution in [3.8, 4) is 5.75 Å². The predicted octanol–water partition coefficient (Wildman–Crippen LogP) is 3.10. The van der Waals surface area contributed by atoms with Crippen LogP contribution < -0.4 is 5.32 Å². The van der Waals surface area contributed by atoms with Crippen LogP contribution in [0, 0.1) is 0 Å². The average molecular weight is 226 g/mol. The van der Waals surface area contributed by atoms with Crippen LogP contribution in [0.4, 0.5) is 0 Å². The summed E-state index contributed by atoms with van der Waals surface area (Å²) in [7, 11) is 0. The molecule has 0 heterocycles. The normalized spacial score (nSPS) is 12.4. The van der Waals surface area contributed by atoms with E-state index in [1.807, 2.05) is 12.1 Å². The van der Waals surface area contributed by atoms with Crippen molar-refractivity contribution in [1.29, 1.82) is 0 Å². The van der Waals surface area contributed by atoms with Gasteiger partial charge in [0.15, 0.2) is 0 Å². The predicted molar refractivity (Wildman–Crippen MR) is 64.2 cm³/mol. The molecule has 2 nitrogen and oxygen atoms in total. The standard InChI is InChI=1S/C12H16ClNO/c1-3-4-9(2)14-8-10-5-6-12(15)11(13)7-10/h3,5-7,9,14-15H,1,4,8H2,2H3. The second-order valence-corrected chi connectivity index (χ2v) is 4.00. The summed E-state index contributed by atoms with van der Waals surface area (Å²) in [6.07, 6.45) is 2.83. The van der Waals surface area contributed by atoms with Crippen molar-refractivity contribution in [3.05, 3.63) is 41.4 Å². The third-order valence-electron chi connectivity index (χ3n) is 2.19. The van der Waals surface area contributed by atoms with Gasteiger partial charge in [-0.25, -0.2) is 0 Å². The van der Waals surface area contributed by atoms with Crippen LogP contribution in [-0.4, -0.2) is 11.1 Å². The Balaban J connectivity index is 2.50. The number of rotatable bonds is 5. The lowest BCUT2D eigenvalue weighted by atomic mass is 10.2. The van der Waals surface area contributed by atoms with Gasteiger partial charge in [-0.15, -0.1) is 6.58 Å². The molecule has 0 aliphatic heterocycles. The SMILES string of the molecule is C=CCC(C)NCc1ccc(O)c(Cl)c1. The lowest BCUT2D eigenvalue weighted by molar-refractivity contribution is 0.475. The number of hydrogen-bond donors (Lipinski definition) is 2. The minimum Gasteiger partial charge on any atom is -0.506 e. The maximum atomic E-state index is 9.24. The minimum absolute atomic E-state index is 0.125. The van der Waals surface area contributed by atoms with Gasteiger partial charge in [0, 0.05) is 12.6 Å². The summed E-state index contributed by atoms with van der Waals surface area (Å²) in [6, 6.07) is 5.63. The molecule has 0 saturated carbocycles. The van der Waals surface area contributed by atoms with Gasteiger partial charge >= 0.3 is 0 Å². The van der Waals surface area contributed by atoms with Crippen molar-refractivity contribution in [2.75, 3.05) is 0 Å². The van der Waals surface area contributed by atoms with Crippen LogP contribution in [0.1, 0.15) is 18.9 Å². The average Bonchev–Trinajstić information content (AvgIpc) is 2.20. The number of aromatic hydroxyl groups is 1. The highest BCUT2D eigenvalue weighted by Gasteiger charge is 2.02. The van der Waals surface area contributed by atoms with E-state index in [2.05, 4.69) is 18.8 Å². The Morgan fingerprint density at radius 3 is 2.93 bits per heavy atom. The summed E-state index contributed by atoms with van der Waals surface area (Å²) in [5, 5.41) is 13.0. The van der Waals surface area contributed by atoms with Gasteiger partial charge in [0.1, 0.15) is 5.75 Å². The van der Waals surface area contributed by atoms with Crippen LogP contribution in [0.5, 0.6) is 5.75 Å². The minimum atomic E-state index is 0.125. The molecular weight excluding hydrogens is 210 g/mol. The maximum absolute atomic E-state index is 9.24. The first-order valence-corrected chi connectivity index (χ1v) is 5.33. The molecular formula is C12H16ClNO. The van der Waals surface area contributed by atoms with E-state index in [4.69, 9.17) is 11.6 Å². The van der Waals surface area contributed by atoms with Crippen LogP contribution in [0.15, 0.2) is 30.9 Å². The molecule has 82 valence electrons. The van der Waals surface area contributed by atoms with Crippen molar-refractivity contribution >= 4 is 11.6 Å². The number of phenolic OH excluding ortho intramolecular Hbond substituents is 1. The van der Waals surface area contributed by atoms with Crippen LogP contribution in [0.2, 0.25) is 5.02 Å². The highest BCUT2D eigenvalue weighted by atomic mass is 35.5. The van der Waals surface area contributed by atoms with Gasteiger partial charge in [0.05, 0.1) is 5.02 Å². The van der Waals surface area contributed by atoms with Gasteiger partial charge in [0.25, 0.3) is 0 Å². The van der Waals surface area contributed by atoms with Crippen molar-refractivity contribution in [3.63, 3.8) is 0 Å². The van der Waals surface area contributed by atoms with E-state index in [0.717, 1.165) is 18.5 Å². The molecule has 3 heteroatoms. The fourth-order valence-corrected chi connectivity index (χ4v) is 1.49. The Kier molecular flexibility index (Phi) is 4.66. The number of hydrogen-bond acceptors (Lipinski definition) is 2. The molecule has 0 aromatic heterocycles. The Bertz CT molecular complexity index is 338. The van der Waals surface area contributed by atoms with Gasteiger partial charge in [-0.05, 0) is 31.0 Å². The fourth-order valence-electron chi connectivity index (χ4n) is 1.29. The Morgan fingerprint density at radius 1 is 1.60 bits per heavy atom. The molecule has 0 bridgehead atoms. The summed E-state index contributed by atoms with van der Waals surface area (Å²) < 4.78 is 0. The van der Waals surface area contributed by atoms with Crippen LogP contribution in [-0.2, 0) is 6.54 Å². The van der Waals surface area contributed by atoms with E-state index in [1.54, 1.807) is 12.1 Å². The highest BCUT2D eigenvalue weighted by molar-refractivity contribution is 6.32. The van der Waals surface area contributed by atoms with Crippen molar-refractivity contribution in [2.45, 2.75) is 25.9 Å². The zero-order chi connectivity index (χ0) is 11.3. The Morgan fingerprint density at radius 2 is 2.33 bits per heavy atom. The first-order valence-electron chi connectivity index (χ1n) is 4.95. The highest BCUT2D eigenvalue weighted by Crippen LogP contribution is 2.23. The summed E-state index contributed by atoms with van der Waals surface area (Å²) in [4.78, 5) is 0. The smallest absolute Gasteiger partial charge is 0.134 e. The molecule has 1 atom stereocenters. The topological polar surface area (TPSA) is 32.3 Å². The van der Waals surface area contributed by atoms with Crippen molar-refractivity contribution in [1.82, 2.24) is 5.32 Å². The largest absolute Gasteiger partial charge is 0.506 e.